The quantitative estimate of drug-likeness (QED) is 0.426. The predicted molar refractivity (Wildman–Crippen MR) is 96.3 cm³/mol. The molecule has 8 nitrogen and oxygen atoms in total. The first-order valence-electron chi connectivity index (χ1n) is 8.01. The third-order valence-corrected chi connectivity index (χ3v) is 5.28. The van der Waals surface area contributed by atoms with E-state index in [9.17, 15) is 23.2 Å². The van der Waals surface area contributed by atoms with Gasteiger partial charge in [0, 0.05) is 23.2 Å². The molecule has 1 amide bonds. The van der Waals surface area contributed by atoms with E-state index in [0.29, 0.717) is 10.4 Å². The summed E-state index contributed by atoms with van der Waals surface area (Å²) in [6.45, 7) is -0.632. The number of carbonyl (C=O) groups is 2. The third kappa shape index (κ3) is 4.32. The van der Waals surface area contributed by atoms with Crippen LogP contribution in [0.2, 0.25) is 0 Å². The molecule has 0 bridgehead atoms. The van der Waals surface area contributed by atoms with Gasteiger partial charge in [-0.2, -0.15) is 4.73 Å². The van der Waals surface area contributed by atoms with Crippen LogP contribution in [0, 0.1) is 5.21 Å². The molecule has 3 rings (SSSR count). The lowest BCUT2D eigenvalue weighted by molar-refractivity contribution is -0.608. The summed E-state index contributed by atoms with van der Waals surface area (Å²) in [5.41, 5.74) is 0.226. The van der Waals surface area contributed by atoms with E-state index in [1.54, 1.807) is 30.3 Å². The van der Waals surface area contributed by atoms with Crippen LogP contribution < -0.4 is 9.63 Å². The van der Waals surface area contributed by atoms with Crippen LogP contribution in [0.4, 0.5) is 5.69 Å². The molecule has 0 aliphatic carbocycles. The number of pyridine rings is 1. The highest BCUT2D eigenvalue weighted by atomic mass is 32.2. The first-order valence-corrected chi connectivity index (χ1v) is 9.72. The zero-order valence-electron chi connectivity index (χ0n) is 14.1. The van der Waals surface area contributed by atoms with Crippen LogP contribution in [-0.4, -0.2) is 38.7 Å². The maximum absolute atomic E-state index is 12.7. The van der Waals surface area contributed by atoms with Crippen molar-refractivity contribution in [3.63, 3.8) is 0 Å². The SMILES string of the molecule is O=C(OCC(=O)N(c1ccccc1)[C@H]1C=CS(=O)(=O)C1)c1cccc[n+]1[O-]. The van der Waals surface area contributed by atoms with Crippen LogP contribution in [-0.2, 0) is 19.4 Å². The van der Waals surface area contributed by atoms with Crippen LogP contribution in [0.25, 0.3) is 0 Å². The fourth-order valence-electron chi connectivity index (χ4n) is 2.69. The van der Waals surface area contributed by atoms with Crippen LogP contribution in [0.1, 0.15) is 10.5 Å². The zero-order chi connectivity index (χ0) is 19.4. The Morgan fingerprint density at radius 2 is 1.85 bits per heavy atom. The van der Waals surface area contributed by atoms with Gasteiger partial charge in [-0.1, -0.05) is 18.2 Å². The first-order chi connectivity index (χ1) is 12.9. The van der Waals surface area contributed by atoms with Crippen LogP contribution in [0.5, 0.6) is 0 Å². The molecule has 27 heavy (non-hydrogen) atoms. The van der Waals surface area contributed by atoms with Gasteiger partial charge in [0.1, 0.15) is 0 Å². The maximum Gasteiger partial charge on any atom is 0.405 e. The minimum Gasteiger partial charge on any atom is -0.618 e. The Morgan fingerprint density at radius 3 is 2.48 bits per heavy atom. The molecule has 0 saturated carbocycles. The molecule has 140 valence electrons. The molecule has 0 N–H and O–H groups in total. The number of hydrogen-bond donors (Lipinski definition) is 0. The van der Waals surface area contributed by atoms with E-state index in [1.807, 2.05) is 0 Å². The summed E-state index contributed by atoms with van der Waals surface area (Å²) in [6, 6.07) is 12.0. The molecular formula is C18H16N2O6S. The van der Waals surface area contributed by atoms with Crippen molar-refractivity contribution in [1.82, 2.24) is 0 Å². The second kappa shape index (κ2) is 7.58. The van der Waals surface area contributed by atoms with Crippen LogP contribution >= 0.6 is 0 Å². The number of carbonyl (C=O) groups excluding carboxylic acids is 2. The van der Waals surface area contributed by atoms with Crippen LogP contribution in [0.15, 0.2) is 66.2 Å². The highest BCUT2D eigenvalue weighted by Crippen LogP contribution is 2.22. The summed E-state index contributed by atoms with van der Waals surface area (Å²) in [6.07, 6.45) is 2.56. The van der Waals surface area contributed by atoms with Gasteiger partial charge in [-0.25, -0.2) is 13.2 Å². The summed E-state index contributed by atoms with van der Waals surface area (Å²) < 4.78 is 28.8. The number of ether oxygens (including phenoxy) is 1. The summed E-state index contributed by atoms with van der Waals surface area (Å²) >= 11 is 0. The van der Waals surface area contributed by atoms with Crippen molar-refractivity contribution < 1.29 is 27.5 Å². The molecule has 9 heteroatoms. The Bertz CT molecular complexity index is 988. The van der Waals surface area contributed by atoms with Gasteiger partial charge in [0.05, 0.1) is 11.8 Å². The number of esters is 1. The van der Waals surface area contributed by atoms with E-state index in [0.717, 1.165) is 11.6 Å². The molecule has 1 aromatic carbocycles. The van der Waals surface area contributed by atoms with E-state index in [-0.39, 0.29) is 11.4 Å². The molecule has 2 heterocycles. The van der Waals surface area contributed by atoms with Crippen molar-refractivity contribution in [2.75, 3.05) is 17.3 Å². The Morgan fingerprint density at radius 1 is 1.15 bits per heavy atom. The highest BCUT2D eigenvalue weighted by molar-refractivity contribution is 7.94. The van der Waals surface area contributed by atoms with Crippen LogP contribution in [0.3, 0.4) is 0 Å². The van der Waals surface area contributed by atoms with Crippen molar-refractivity contribution in [3.8, 4) is 0 Å². The Hall–Kier alpha value is -3.20. The molecular weight excluding hydrogens is 372 g/mol. The lowest BCUT2D eigenvalue weighted by Gasteiger charge is -2.27. The molecule has 0 radical (unpaired) electrons. The smallest absolute Gasteiger partial charge is 0.405 e. The summed E-state index contributed by atoms with van der Waals surface area (Å²) in [5, 5.41) is 12.7. The first kappa shape index (κ1) is 18.6. The average Bonchev–Trinajstić information content (AvgIpc) is 3.00. The molecule has 1 atom stereocenters. The lowest BCUT2D eigenvalue weighted by atomic mass is 10.2. The molecule has 0 spiro atoms. The molecule has 1 aromatic heterocycles. The monoisotopic (exact) mass is 388 g/mol. The molecule has 0 unspecified atom stereocenters. The van der Waals surface area contributed by atoms with E-state index in [4.69, 9.17) is 4.74 Å². The minimum absolute atomic E-state index is 0.249. The fraction of sp³-hybridized carbons (Fsp3) is 0.167. The number of hydrogen-bond acceptors (Lipinski definition) is 6. The van der Waals surface area contributed by atoms with Gasteiger partial charge in [0.25, 0.3) is 5.91 Å². The molecule has 0 saturated heterocycles. The molecule has 2 aromatic rings. The number of amides is 1. The summed E-state index contributed by atoms with van der Waals surface area (Å²) in [7, 11) is -3.39. The average molecular weight is 388 g/mol. The van der Waals surface area contributed by atoms with E-state index < -0.39 is 34.4 Å². The van der Waals surface area contributed by atoms with Crippen molar-refractivity contribution in [2.45, 2.75) is 6.04 Å². The Kier molecular flexibility index (Phi) is 5.22. The molecule has 0 fully saturated rings. The van der Waals surface area contributed by atoms with Gasteiger partial charge >= 0.3 is 11.7 Å². The minimum atomic E-state index is -3.39. The van der Waals surface area contributed by atoms with Gasteiger partial charge in [-0.05, 0) is 24.3 Å². The number of anilines is 1. The number of nitrogens with zero attached hydrogens (tertiary/aromatic N) is 2. The van der Waals surface area contributed by atoms with Gasteiger partial charge in [-0.3, -0.25) is 4.79 Å². The zero-order valence-corrected chi connectivity index (χ0v) is 14.9. The summed E-state index contributed by atoms with van der Waals surface area (Å²) in [4.78, 5) is 26.0. The van der Waals surface area contributed by atoms with Gasteiger partial charge in [0.15, 0.2) is 22.6 Å². The van der Waals surface area contributed by atoms with E-state index in [2.05, 4.69) is 0 Å². The van der Waals surface area contributed by atoms with Crippen molar-refractivity contribution in [1.29, 1.82) is 0 Å². The Balaban J connectivity index is 1.77. The number of sulfone groups is 1. The van der Waals surface area contributed by atoms with Gasteiger partial charge < -0.3 is 14.8 Å². The largest absolute Gasteiger partial charge is 0.618 e. The standard InChI is InChI=1S/C18H16N2O6S/c21-17(12-26-18(22)16-8-4-5-10-19(16)23)20(14-6-2-1-3-7-14)15-9-11-27(24,25)13-15/h1-11,15H,12-13H2/t15-/m0/s1. The molecule has 1 aliphatic rings. The van der Waals surface area contributed by atoms with Gasteiger partial charge in [-0.15, -0.1) is 0 Å². The second-order valence-electron chi connectivity index (χ2n) is 5.81. The lowest BCUT2D eigenvalue weighted by Crippen LogP contribution is -2.44. The van der Waals surface area contributed by atoms with E-state index >= 15 is 0 Å². The summed E-state index contributed by atoms with van der Waals surface area (Å²) in [5.74, 6) is -1.79. The van der Waals surface area contributed by atoms with Crippen molar-refractivity contribution in [2.24, 2.45) is 0 Å². The molecule has 1 aliphatic heterocycles. The fourth-order valence-corrected chi connectivity index (χ4v) is 3.95. The van der Waals surface area contributed by atoms with Crippen molar-refractivity contribution >= 4 is 27.4 Å². The number of aromatic nitrogens is 1. The number of para-hydroxylation sites is 1. The third-order valence-electron chi connectivity index (χ3n) is 3.91. The second-order valence-corrected chi connectivity index (χ2v) is 7.74. The topological polar surface area (TPSA) is 108 Å². The van der Waals surface area contributed by atoms with Gasteiger partial charge in [0.2, 0.25) is 0 Å². The predicted octanol–water partition coefficient (Wildman–Crippen LogP) is 0.821. The number of rotatable bonds is 5. The number of benzene rings is 1. The maximum atomic E-state index is 12.7. The highest BCUT2D eigenvalue weighted by Gasteiger charge is 2.32. The normalized spacial score (nSPS) is 17.4. The van der Waals surface area contributed by atoms with E-state index in [1.165, 1.54) is 29.2 Å². The Labute approximate surface area is 155 Å². The van der Waals surface area contributed by atoms with Crippen molar-refractivity contribution in [3.05, 3.63) is 77.1 Å².